The Kier molecular flexibility index (Phi) is 4.94. The minimum atomic E-state index is -0.0397. The van der Waals surface area contributed by atoms with Crippen molar-refractivity contribution in [2.45, 2.75) is 45.8 Å². The Morgan fingerprint density at radius 1 is 1.38 bits per heavy atom. The molecule has 130 valence electrons. The standard InChI is InChI=1S/C16H23N5O3/c1-4-21(9-14-17-13(10-23-3)19-24-14)16(22)15-11-7-5-6-8-12(11)18-20(15)2/h4-10H2,1-3H3. The van der Waals surface area contributed by atoms with Crippen LogP contribution in [0.4, 0.5) is 0 Å². The van der Waals surface area contributed by atoms with Gasteiger partial charge in [0.15, 0.2) is 5.82 Å². The van der Waals surface area contributed by atoms with Crippen LogP contribution in [0.25, 0.3) is 0 Å². The zero-order valence-electron chi connectivity index (χ0n) is 14.4. The molecule has 0 radical (unpaired) electrons. The summed E-state index contributed by atoms with van der Waals surface area (Å²) in [6, 6.07) is 0. The topological polar surface area (TPSA) is 86.3 Å². The van der Waals surface area contributed by atoms with E-state index < -0.39 is 0 Å². The van der Waals surface area contributed by atoms with Crippen molar-refractivity contribution in [3.63, 3.8) is 0 Å². The van der Waals surface area contributed by atoms with Gasteiger partial charge in [-0.1, -0.05) is 5.16 Å². The highest BCUT2D eigenvalue weighted by Crippen LogP contribution is 2.25. The Bertz CT molecular complexity index is 721. The van der Waals surface area contributed by atoms with Gasteiger partial charge in [0, 0.05) is 26.3 Å². The molecule has 0 N–H and O–H groups in total. The van der Waals surface area contributed by atoms with Gasteiger partial charge in [0.05, 0.1) is 5.69 Å². The van der Waals surface area contributed by atoms with Crippen LogP contribution in [0.3, 0.4) is 0 Å². The summed E-state index contributed by atoms with van der Waals surface area (Å²) < 4.78 is 11.9. The van der Waals surface area contributed by atoms with E-state index in [0.717, 1.165) is 36.9 Å². The van der Waals surface area contributed by atoms with Crippen LogP contribution in [0.1, 0.15) is 53.2 Å². The number of methoxy groups -OCH3 is 1. The summed E-state index contributed by atoms with van der Waals surface area (Å²) in [5.41, 5.74) is 2.84. The van der Waals surface area contributed by atoms with Crippen molar-refractivity contribution in [2.75, 3.05) is 13.7 Å². The Morgan fingerprint density at radius 3 is 2.92 bits per heavy atom. The highest BCUT2D eigenvalue weighted by Gasteiger charge is 2.27. The molecule has 1 aliphatic rings. The molecule has 0 unspecified atom stereocenters. The van der Waals surface area contributed by atoms with Crippen LogP contribution in [0.5, 0.6) is 0 Å². The Balaban J connectivity index is 1.80. The predicted molar refractivity (Wildman–Crippen MR) is 85.3 cm³/mol. The lowest BCUT2D eigenvalue weighted by atomic mass is 9.95. The summed E-state index contributed by atoms with van der Waals surface area (Å²) in [5.74, 6) is 0.851. The van der Waals surface area contributed by atoms with Crippen molar-refractivity contribution >= 4 is 5.91 Å². The van der Waals surface area contributed by atoms with E-state index in [9.17, 15) is 4.79 Å². The Labute approximate surface area is 140 Å². The van der Waals surface area contributed by atoms with E-state index in [4.69, 9.17) is 9.26 Å². The fraction of sp³-hybridized carbons (Fsp3) is 0.625. The van der Waals surface area contributed by atoms with E-state index in [1.807, 2.05) is 14.0 Å². The van der Waals surface area contributed by atoms with Gasteiger partial charge in [-0.25, -0.2) is 0 Å². The maximum Gasteiger partial charge on any atom is 0.272 e. The maximum absolute atomic E-state index is 13.0. The lowest BCUT2D eigenvalue weighted by Gasteiger charge is -2.20. The number of aryl methyl sites for hydroxylation is 2. The molecule has 0 spiro atoms. The van der Waals surface area contributed by atoms with E-state index in [1.165, 1.54) is 0 Å². The van der Waals surface area contributed by atoms with Gasteiger partial charge in [-0.2, -0.15) is 10.1 Å². The van der Waals surface area contributed by atoms with Crippen LogP contribution >= 0.6 is 0 Å². The van der Waals surface area contributed by atoms with E-state index in [-0.39, 0.29) is 12.5 Å². The third kappa shape index (κ3) is 3.19. The van der Waals surface area contributed by atoms with E-state index in [2.05, 4.69) is 15.2 Å². The number of amides is 1. The van der Waals surface area contributed by atoms with Crippen LogP contribution in [0.15, 0.2) is 4.52 Å². The number of fused-ring (bicyclic) bond motifs is 1. The number of carbonyl (C=O) groups excluding carboxylic acids is 1. The monoisotopic (exact) mass is 333 g/mol. The zero-order chi connectivity index (χ0) is 17.1. The Morgan fingerprint density at radius 2 is 2.17 bits per heavy atom. The summed E-state index contributed by atoms with van der Waals surface area (Å²) in [6.07, 6.45) is 4.11. The zero-order valence-corrected chi connectivity index (χ0v) is 14.4. The molecule has 0 saturated carbocycles. The summed E-state index contributed by atoms with van der Waals surface area (Å²) >= 11 is 0. The first kappa shape index (κ1) is 16.6. The van der Waals surface area contributed by atoms with Gasteiger partial charge in [-0.15, -0.1) is 0 Å². The van der Waals surface area contributed by atoms with Crippen LogP contribution in [0, 0.1) is 0 Å². The molecule has 0 aromatic carbocycles. The third-order valence-electron chi connectivity index (χ3n) is 4.30. The minimum absolute atomic E-state index is 0.0397. The number of carbonyl (C=O) groups is 1. The van der Waals surface area contributed by atoms with Crippen molar-refractivity contribution in [3.8, 4) is 0 Å². The molecule has 0 atom stereocenters. The summed E-state index contributed by atoms with van der Waals surface area (Å²) in [4.78, 5) is 19.0. The SMILES string of the molecule is CCN(Cc1nc(COC)no1)C(=O)c1c2c(nn1C)CCCC2. The molecule has 24 heavy (non-hydrogen) atoms. The molecule has 0 aliphatic heterocycles. The Hall–Kier alpha value is -2.22. The molecule has 0 fully saturated rings. The first-order valence-electron chi connectivity index (χ1n) is 8.28. The van der Waals surface area contributed by atoms with Crippen molar-refractivity contribution in [2.24, 2.45) is 7.05 Å². The molecule has 2 aromatic heterocycles. The molecule has 3 rings (SSSR count). The molecular weight excluding hydrogens is 310 g/mol. The quantitative estimate of drug-likeness (QED) is 0.796. The summed E-state index contributed by atoms with van der Waals surface area (Å²) in [7, 11) is 3.41. The maximum atomic E-state index is 13.0. The highest BCUT2D eigenvalue weighted by atomic mass is 16.5. The van der Waals surface area contributed by atoms with Crippen LogP contribution in [0.2, 0.25) is 0 Å². The molecule has 8 nitrogen and oxygen atoms in total. The van der Waals surface area contributed by atoms with E-state index in [0.29, 0.717) is 30.6 Å². The number of hydrogen-bond donors (Lipinski definition) is 0. The largest absolute Gasteiger partial charge is 0.377 e. The predicted octanol–water partition coefficient (Wildman–Crippen LogP) is 1.49. The molecule has 2 aromatic rings. The molecule has 0 bridgehead atoms. The molecule has 1 aliphatic carbocycles. The first-order valence-corrected chi connectivity index (χ1v) is 8.28. The van der Waals surface area contributed by atoms with Crippen LogP contribution in [-0.4, -0.2) is 44.4 Å². The molecule has 1 amide bonds. The average Bonchev–Trinajstić information content (AvgIpc) is 3.15. The number of aromatic nitrogens is 4. The van der Waals surface area contributed by atoms with Gasteiger partial charge < -0.3 is 14.2 Å². The average molecular weight is 333 g/mol. The van der Waals surface area contributed by atoms with Gasteiger partial charge in [0.25, 0.3) is 5.91 Å². The van der Waals surface area contributed by atoms with Crippen LogP contribution in [-0.2, 0) is 37.8 Å². The molecule has 8 heteroatoms. The third-order valence-corrected chi connectivity index (χ3v) is 4.30. The van der Waals surface area contributed by atoms with E-state index in [1.54, 1.807) is 16.7 Å². The van der Waals surface area contributed by atoms with Crippen LogP contribution < -0.4 is 0 Å². The number of nitrogens with zero attached hydrogens (tertiary/aromatic N) is 5. The fourth-order valence-electron chi connectivity index (χ4n) is 3.13. The fourth-order valence-corrected chi connectivity index (χ4v) is 3.13. The number of rotatable bonds is 6. The first-order chi connectivity index (χ1) is 11.6. The van der Waals surface area contributed by atoms with Crippen molar-refractivity contribution in [1.82, 2.24) is 24.8 Å². The van der Waals surface area contributed by atoms with Gasteiger partial charge in [-0.05, 0) is 32.6 Å². The second-order valence-electron chi connectivity index (χ2n) is 5.96. The van der Waals surface area contributed by atoms with Crippen molar-refractivity contribution < 1.29 is 14.1 Å². The molecular formula is C16H23N5O3. The van der Waals surface area contributed by atoms with Crippen molar-refractivity contribution in [1.29, 1.82) is 0 Å². The summed E-state index contributed by atoms with van der Waals surface area (Å²) in [5, 5.41) is 8.36. The number of ether oxygens (including phenoxy) is 1. The highest BCUT2D eigenvalue weighted by molar-refractivity contribution is 5.94. The van der Waals surface area contributed by atoms with Crippen molar-refractivity contribution in [3.05, 3.63) is 28.7 Å². The minimum Gasteiger partial charge on any atom is -0.377 e. The summed E-state index contributed by atoms with van der Waals surface area (Å²) in [6.45, 7) is 3.07. The molecule has 2 heterocycles. The second kappa shape index (κ2) is 7.12. The molecule has 0 saturated heterocycles. The van der Waals surface area contributed by atoms with Gasteiger partial charge in [0.1, 0.15) is 18.8 Å². The van der Waals surface area contributed by atoms with Gasteiger partial charge >= 0.3 is 0 Å². The lowest BCUT2D eigenvalue weighted by Crippen LogP contribution is -2.32. The van der Waals surface area contributed by atoms with Gasteiger partial charge in [-0.3, -0.25) is 9.48 Å². The normalized spacial score (nSPS) is 13.8. The second-order valence-corrected chi connectivity index (χ2v) is 5.96. The van der Waals surface area contributed by atoms with Gasteiger partial charge in [0.2, 0.25) is 5.89 Å². The van der Waals surface area contributed by atoms with E-state index >= 15 is 0 Å². The number of hydrogen-bond acceptors (Lipinski definition) is 6. The lowest BCUT2D eigenvalue weighted by molar-refractivity contribution is 0.0722. The smallest absolute Gasteiger partial charge is 0.272 e.